The lowest BCUT2D eigenvalue weighted by atomic mass is 9.76. The molecule has 1 atom stereocenters. The number of piperidine rings is 1. The first-order chi connectivity index (χ1) is 14.5. The molecule has 0 aliphatic carbocycles. The number of cyclic esters (lactones) is 1. The number of fused-ring (bicyclic) bond motifs is 1. The van der Waals surface area contributed by atoms with Crippen LogP contribution in [0.15, 0.2) is 48.9 Å². The average molecular weight is 404 g/mol. The van der Waals surface area contributed by atoms with Crippen LogP contribution in [-0.4, -0.2) is 45.5 Å². The van der Waals surface area contributed by atoms with E-state index in [-0.39, 0.29) is 17.9 Å². The number of pyridine rings is 1. The summed E-state index contributed by atoms with van der Waals surface area (Å²) in [6.45, 7) is 3.67. The van der Waals surface area contributed by atoms with Gasteiger partial charge in [0.2, 0.25) is 0 Å². The third-order valence-corrected chi connectivity index (χ3v) is 6.45. The van der Waals surface area contributed by atoms with Crippen molar-refractivity contribution in [2.45, 2.75) is 38.8 Å². The van der Waals surface area contributed by atoms with Crippen molar-refractivity contribution in [1.29, 1.82) is 0 Å². The van der Waals surface area contributed by atoms with Crippen molar-refractivity contribution in [2.24, 2.45) is 5.41 Å². The Bertz CT molecular complexity index is 1100. The fourth-order valence-corrected chi connectivity index (χ4v) is 4.67. The highest BCUT2D eigenvalue weighted by molar-refractivity contribution is 5.93. The van der Waals surface area contributed by atoms with Gasteiger partial charge in [-0.3, -0.25) is 9.59 Å². The van der Waals surface area contributed by atoms with Crippen LogP contribution in [0.2, 0.25) is 0 Å². The van der Waals surface area contributed by atoms with Gasteiger partial charge in [-0.2, -0.15) is 0 Å². The van der Waals surface area contributed by atoms with E-state index in [1.54, 1.807) is 6.20 Å². The molecule has 2 saturated heterocycles. The van der Waals surface area contributed by atoms with E-state index in [1.807, 2.05) is 42.7 Å². The minimum Gasteiger partial charge on any atom is -0.460 e. The van der Waals surface area contributed by atoms with Gasteiger partial charge in [0.1, 0.15) is 11.9 Å². The van der Waals surface area contributed by atoms with E-state index in [0.29, 0.717) is 12.1 Å². The molecule has 30 heavy (non-hydrogen) atoms. The lowest BCUT2D eigenvalue weighted by Crippen LogP contribution is -2.42. The summed E-state index contributed by atoms with van der Waals surface area (Å²) in [5.74, 6) is 0.788. The molecular weight excluding hydrogens is 380 g/mol. The van der Waals surface area contributed by atoms with E-state index in [9.17, 15) is 9.59 Å². The van der Waals surface area contributed by atoms with Crippen LogP contribution in [0.4, 0.5) is 5.82 Å². The Morgan fingerprint density at radius 3 is 2.70 bits per heavy atom. The minimum absolute atomic E-state index is 0.0112. The van der Waals surface area contributed by atoms with Gasteiger partial charge in [-0.15, -0.1) is 0 Å². The van der Waals surface area contributed by atoms with Crippen LogP contribution in [0, 0.1) is 5.41 Å². The Hall–Kier alpha value is -3.22. The van der Waals surface area contributed by atoms with E-state index in [0.717, 1.165) is 49.2 Å². The van der Waals surface area contributed by atoms with Crippen LogP contribution in [0.5, 0.6) is 0 Å². The lowest BCUT2D eigenvalue weighted by molar-refractivity contribution is -0.150. The molecule has 2 aliphatic heterocycles. The standard InChI is InChI=1S/C23H24N4O3/c1-16(28)17-6-7-21(24-13-17)26-10-8-23(9-11-26)12-18(30-22(23)29)14-27-15-25-19-4-2-3-5-20(19)27/h2-7,13,15,18H,8-12,14H2,1H3. The van der Waals surface area contributed by atoms with Crippen molar-refractivity contribution in [3.63, 3.8) is 0 Å². The van der Waals surface area contributed by atoms with Crippen LogP contribution in [0.25, 0.3) is 11.0 Å². The zero-order chi connectivity index (χ0) is 20.7. The number of esters is 1. The molecule has 3 aromatic rings. The van der Waals surface area contributed by atoms with Crippen molar-refractivity contribution in [2.75, 3.05) is 18.0 Å². The maximum Gasteiger partial charge on any atom is 0.312 e. The van der Waals surface area contributed by atoms with Crippen LogP contribution < -0.4 is 4.90 Å². The van der Waals surface area contributed by atoms with Crippen molar-refractivity contribution >= 4 is 28.6 Å². The summed E-state index contributed by atoms with van der Waals surface area (Å²) in [5.41, 5.74) is 2.22. The minimum atomic E-state index is -0.406. The Kier molecular flexibility index (Phi) is 4.53. The van der Waals surface area contributed by atoms with Crippen molar-refractivity contribution in [3.8, 4) is 0 Å². The van der Waals surface area contributed by atoms with Crippen LogP contribution >= 0.6 is 0 Å². The molecule has 1 aromatic carbocycles. The van der Waals surface area contributed by atoms with Gasteiger partial charge in [0.15, 0.2) is 5.78 Å². The first kappa shape index (κ1) is 18.8. The van der Waals surface area contributed by atoms with Gasteiger partial charge < -0.3 is 14.2 Å². The number of hydrogen-bond donors (Lipinski definition) is 0. The molecule has 2 aromatic heterocycles. The molecule has 0 radical (unpaired) electrons. The van der Waals surface area contributed by atoms with E-state index < -0.39 is 5.41 Å². The maximum absolute atomic E-state index is 12.8. The molecular formula is C23H24N4O3. The third kappa shape index (κ3) is 3.24. The van der Waals surface area contributed by atoms with Gasteiger partial charge in [-0.1, -0.05) is 12.1 Å². The first-order valence-electron chi connectivity index (χ1n) is 10.4. The van der Waals surface area contributed by atoms with Crippen LogP contribution in [-0.2, 0) is 16.1 Å². The van der Waals surface area contributed by atoms with Crippen molar-refractivity contribution in [3.05, 3.63) is 54.5 Å². The second-order valence-corrected chi connectivity index (χ2v) is 8.35. The van der Waals surface area contributed by atoms with Gasteiger partial charge >= 0.3 is 5.97 Å². The van der Waals surface area contributed by atoms with Crippen molar-refractivity contribution in [1.82, 2.24) is 14.5 Å². The number of Topliss-reactive ketones (excluding diaryl/α,β-unsaturated/α-hetero) is 1. The number of ketones is 1. The summed E-state index contributed by atoms with van der Waals surface area (Å²) in [7, 11) is 0. The normalized spacial score (nSPS) is 20.6. The quantitative estimate of drug-likeness (QED) is 0.491. The Labute approximate surface area is 174 Å². The number of nitrogens with zero attached hydrogens (tertiary/aromatic N) is 4. The largest absolute Gasteiger partial charge is 0.460 e. The number of aromatic nitrogens is 3. The van der Waals surface area contributed by atoms with Gasteiger partial charge in [0.25, 0.3) is 0 Å². The van der Waals surface area contributed by atoms with E-state index in [1.165, 1.54) is 6.92 Å². The number of hydrogen-bond acceptors (Lipinski definition) is 6. The summed E-state index contributed by atoms with van der Waals surface area (Å²) in [4.78, 5) is 35.3. The Morgan fingerprint density at radius 2 is 1.97 bits per heavy atom. The monoisotopic (exact) mass is 404 g/mol. The average Bonchev–Trinajstić information content (AvgIpc) is 3.30. The highest BCUT2D eigenvalue weighted by Gasteiger charge is 2.50. The van der Waals surface area contributed by atoms with Gasteiger partial charge in [0.05, 0.1) is 29.3 Å². The Balaban J connectivity index is 1.25. The number of benzene rings is 1. The van der Waals surface area contributed by atoms with Gasteiger partial charge in [-0.05, 0) is 44.0 Å². The molecule has 0 amide bonds. The second kappa shape index (κ2) is 7.23. The first-order valence-corrected chi connectivity index (χ1v) is 10.4. The van der Waals surface area contributed by atoms with E-state index in [2.05, 4.69) is 19.4 Å². The molecule has 2 aliphatic rings. The van der Waals surface area contributed by atoms with E-state index >= 15 is 0 Å². The zero-order valence-corrected chi connectivity index (χ0v) is 17.0. The zero-order valence-electron chi connectivity index (χ0n) is 17.0. The molecule has 5 rings (SSSR count). The molecule has 7 heteroatoms. The predicted octanol–water partition coefficient (Wildman–Crippen LogP) is 3.24. The smallest absolute Gasteiger partial charge is 0.312 e. The summed E-state index contributed by atoms with van der Waals surface area (Å²) < 4.78 is 7.87. The number of carbonyl (C=O) groups excluding carboxylic acids is 2. The molecule has 4 heterocycles. The molecule has 1 spiro atoms. The molecule has 154 valence electrons. The topological polar surface area (TPSA) is 77.3 Å². The second-order valence-electron chi connectivity index (χ2n) is 8.35. The SMILES string of the molecule is CC(=O)c1ccc(N2CCC3(CC2)CC(Cn2cnc4ccccc42)OC3=O)nc1. The summed E-state index contributed by atoms with van der Waals surface area (Å²) in [6, 6.07) is 11.7. The Morgan fingerprint density at radius 1 is 1.17 bits per heavy atom. The fourth-order valence-electron chi connectivity index (χ4n) is 4.67. The number of para-hydroxylation sites is 2. The fraction of sp³-hybridized carbons (Fsp3) is 0.391. The summed E-state index contributed by atoms with van der Waals surface area (Å²) in [5, 5.41) is 0. The van der Waals surface area contributed by atoms with Crippen molar-refractivity contribution < 1.29 is 14.3 Å². The molecule has 7 nitrogen and oxygen atoms in total. The predicted molar refractivity (Wildman–Crippen MR) is 112 cm³/mol. The molecule has 0 bridgehead atoms. The number of imidazole rings is 1. The number of ether oxygens (including phenoxy) is 1. The van der Waals surface area contributed by atoms with Gasteiger partial charge in [0, 0.05) is 31.3 Å². The lowest BCUT2D eigenvalue weighted by Gasteiger charge is -2.37. The maximum atomic E-state index is 12.8. The van der Waals surface area contributed by atoms with Crippen LogP contribution in [0.1, 0.15) is 36.5 Å². The third-order valence-electron chi connectivity index (χ3n) is 6.45. The highest BCUT2D eigenvalue weighted by Crippen LogP contribution is 2.44. The summed E-state index contributed by atoms with van der Waals surface area (Å²) in [6.07, 6.45) is 5.56. The van der Waals surface area contributed by atoms with Gasteiger partial charge in [-0.25, -0.2) is 9.97 Å². The van der Waals surface area contributed by atoms with E-state index in [4.69, 9.17) is 4.74 Å². The molecule has 2 fully saturated rings. The number of carbonyl (C=O) groups is 2. The highest BCUT2D eigenvalue weighted by atomic mass is 16.6. The molecule has 0 N–H and O–H groups in total. The number of rotatable bonds is 4. The molecule has 1 unspecified atom stereocenters. The molecule has 0 saturated carbocycles. The van der Waals surface area contributed by atoms with Crippen LogP contribution in [0.3, 0.4) is 0 Å². The summed E-state index contributed by atoms with van der Waals surface area (Å²) >= 11 is 0. The number of anilines is 1.